The van der Waals surface area contributed by atoms with E-state index in [1.807, 2.05) is 48.7 Å². The zero-order valence-electron chi connectivity index (χ0n) is 18.1. The molecule has 0 aliphatic heterocycles. The van der Waals surface area contributed by atoms with E-state index >= 15 is 0 Å². The monoisotopic (exact) mass is 413 g/mol. The van der Waals surface area contributed by atoms with Gasteiger partial charge in [-0.25, -0.2) is 9.97 Å². The smallest absolute Gasteiger partial charge is 0.251 e. The standard InChI is InChI=1S/C25H27N5O/c1-16(2)14-26-22-23-27-15-21(30(23)20-7-5-4-6-19(20)28-22)17-8-10-18(11-9-17)24(31)29-25(3)12-13-25/h4-11,15-16H,12-14H2,1-3H3,(H,26,28)(H,29,31). The Balaban J connectivity index is 1.56. The number of carbonyl (C=O) groups is 1. The molecule has 0 radical (unpaired) electrons. The van der Waals surface area contributed by atoms with E-state index in [1.54, 1.807) is 0 Å². The number of hydrogen-bond donors (Lipinski definition) is 2. The first-order valence-corrected chi connectivity index (χ1v) is 10.9. The van der Waals surface area contributed by atoms with E-state index in [4.69, 9.17) is 9.97 Å². The van der Waals surface area contributed by atoms with E-state index in [0.717, 1.165) is 53.1 Å². The van der Waals surface area contributed by atoms with Gasteiger partial charge >= 0.3 is 0 Å². The van der Waals surface area contributed by atoms with Gasteiger partial charge in [0, 0.05) is 23.2 Å². The molecule has 2 aromatic heterocycles. The predicted octanol–water partition coefficient (Wildman–Crippen LogP) is 4.90. The summed E-state index contributed by atoms with van der Waals surface area (Å²) in [5.74, 6) is 1.27. The molecular weight excluding hydrogens is 386 g/mol. The van der Waals surface area contributed by atoms with Crippen LogP contribution >= 0.6 is 0 Å². The number of anilines is 1. The summed E-state index contributed by atoms with van der Waals surface area (Å²) in [5.41, 5.74) is 5.35. The van der Waals surface area contributed by atoms with Crippen molar-refractivity contribution in [1.29, 1.82) is 0 Å². The van der Waals surface area contributed by atoms with Crippen LogP contribution in [0.4, 0.5) is 5.82 Å². The van der Waals surface area contributed by atoms with Gasteiger partial charge in [-0.15, -0.1) is 0 Å². The first-order chi connectivity index (χ1) is 14.9. The number of amides is 1. The lowest BCUT2D eigenvalue weighted by molar-refractivity contribution is 0.0935. The van der Waals surface area contributed by atoms with Crippen molar-refractivity contribution in [3.63, 3.8) is 0 Å². The lowest BCUT2D eigenvalue weighted by atomic mass is 10.1. The molecule has 5 rings (SSSR count). The number of carbonyl (C=O) groups excluding carboxylic acids is 1. The van der Waals surface area contributed by atoms with Crippen LogP contribution < -0.4 is 10.6 Å². The van der Waals surface area contributed by atoms with Crippen LogP contribution in [0, 0.1) is 5.92 Å². The minimum absolute atomic E-state index is 0.0143. The van der Waals surface area contributed by atoms with Crippen LogP contribution in [0.15, 0.2) is 54.7 Å². The molecule has 1 aliphatic rings. The highest BCUT2D eigenvalue weighted by Crippen LogP contribution is 2.34. The number of benzene rings is 2. The van der Waals surface area contributed by atoms with Crippen molar-refractivity contribution >= 4 is 28.4 Å². The van der Waals surface area contributed by atoms with Gasteiger partial charge in [0.05, 0.1) is 22.9 Å². The van der Waals surface area contributed by atoms with Crippen molar-refractivity contribution in [2.45, 2.75) is 39.2 Å². The van der Waals surface area contributed by atoms with Crippen LogP contribution in [-0.4, -0.2) is 32.4 Å². The van der Waals surface area contributed by atoms with Crippen molar-refractivity contribution in [3.8, 4) is 11.3 Å². The third-order valence-electron chi connectivity index (χ3n) is 5.86. The lowest BCUT2D eigenvalue weighted by Crippen LogP contribution is -2.34. The van der Waals surface area contributed by atoms with E-state index in [0.29, 0.717) is 11.5 Å². The second kappa shape index (κ2) is 7.38. The fourth-order valence-corrected chi connectivity index (χ4v) is 3.76. The number of para-hydroxylation sites is 2. The van der Waals surface area contributed by atoms with Crippen LogP contribution in [0.5, 0.6) is 0 Å². The normalized spacial score (nSPS) is 14.8. The molecule has 158 valence electrons. The SMILES string of the molecule is CC(C)CNc1nc2ccccc2n2c(-c3ccc(C(=O)NC4(C)CC4)cc3)cnc12. The summed E-state index contributed by atoms with van der Waals surface area (Å²) in [6.07, 6.45) is 3.98. The van der Waals surface area contributed by atoms with Crippen molar-refractivity contribution in [2.24, 2.45) is 5.92 Å². The number of nitrogens with one attached hydrogen (secondary N) is 2. The summed E-state index contributed by atoms with van der Waals surface area (Å²) in [6.45, 7) is 7.25. The number of hydrogen-bond acceptors (Lipinski definition) is 4. The topological polar surface area (TPSA) is 71.3 Å². The van der Waals surface area contributed by atoms with Crippen LogP contribution in [0.3, 0.4) is 0 Å². The summed E-state index contributed by atoms with van der Waals surface area (Å²) < 4.78 is 2.14. The van der Waals surface area contributed by atoms with Crippen molar-refractivity contribution in [3.05, 3.63) is 60.3 Å². The highest BCUT2D eigenvalue weighted by Gasteiger charge is 2.38. The van der Waals surface area contributed by atoms with Gasteiger partial charge in [-0.3, -0.25) is 9.20 Å². The fraction of sp³-hybridized carbons (Fsp3) is 0.320. The highest BCUT2D eigenvalue weighted by molar-refractivity contribution is 5.95. The van der Waals surface area contributed by atoms with Crippen molar-refractivity contribution < 1.29 is 4.79 Å². The Hall–Kier alpha value is -3.41. The van der Waals surface area contributed by atoms with E-state index in [1.165, 1.54) is 0 Å². The Morgan fingerprint density at radius 3 is 2.58 bits per heavy atom. The average molecular weight is 414 g/mol. The molecule has 0 spiro atoms. The van der Waals surface area contributed by atoms with Gasteiger partial charge in [0.1, 0.15) is 0 Å². The number of rotatable bonds is 6. The summed E-state index contributed by atoms with van der Waals surface area (Å²) in [6, 6.07) is 15.8. The quantitative estimate of drug-likeness (QED) is 0.472. The molecule has 0 saturated heterocycles. The van der Waals surface area contributed by atoms with Gasteiger partial charge < -0.3 is 10.6 Å². The number of aromatic nitrogens is 3. The fourth-order valence-electron chi connectivity index (χ4n) is 3.76. The molecule has 2 N–H and O–H groups in total. The van der Waals surface area contributed by atoms with Gasteiger partial charge in [-0.2, -0.15) is 0 Å². The zero-order valence-corrected chi connectivity index (χ0v) is 18.1. The van der Waals surface area contributed by atoms with Crippen LogP contribution in [0.25, 0.3) is 27.9 Å². The Bertz CT molecular complexity index is 1270. The summed E-state index contributed by atoms with van der Waals surface area (Å²) in [4.78, 5) is 22.0. The third kappa shape index (κ3) is 3.74. The van der Waals surface area contributed by atoms with Crippen LogP contribution in [-0.2, 0) is 0 Å². The molecule has 0 bridgehead atoms. The maximum atomic E-state index is 12.5. The Morgan fingerprint density at radius 1 is 1.13 bits per heavy atom. The van der Waals surface area contributed by atoms with Gasteiger partial charge in [-0.1, -0.05) is 38.1 Å². The Kier molecular flexibility index (Phi) is 4.65. The van der Waals surface area contributed by atoms with Gasteiger partial charge in [-0.05, 0) is 49.9 Å². The number of imidazole rings is 1. The highest BCUT2D eigenvalue weighted by atomic mass is 16.1. The first kappa shape index (κ1) is 19.5. The summed E-state index contributed by atoms with van der Waals surface area (Å²) in [7, 11) is 0. The molecule has 0 unspecified atom stereocenters. The van der Waals surface area contributed by atoms with E-state index in [-0.39, 0.29) is 11.4 Å². The molecule has 1 aliphatic carbocycles. The van der Waals surface area contributed by atoms with Gasteiger partial charge in [0.2, 0.25) is 0 Å². The molecule has 1 amide bonds. The van der Waals surface area contributed by atoms with Crippen molar-refractivity contribution in [2.75, 3.05) is 11.9 Å². The van der Waals surface area contributed by atoms with Gasteiger partial charge in [0.15, 0.2) is 11.5 Å². The lowest BCUT2D eigenvalue weighted by Gasteiger charge is -2.13. The second-order valence-electron chi connectivity index (χ2n) is 9.12. The van der Waals surface area contributed by atoms with Gasteiger partial charge in [0.25, 0.3) is 5.91 Å². The molecule has 2 aromatic carbocycles. The largest absolute Gasteiger partial charge is 0.367 e. The molecule has 31 heavy (non-hydrogen) atoms. The maximum Gasteiger partial charge on any atom is 0.251 e. The summed E-state index contributed by atoms with van der Waals surface area (Å²) >= 11 is 0. The van der Waals surface area contributed by atoms with Crippen LogP contribution in [0.1, 0.15) is 44.0 Å². The molecule has 0 atom stereocenters. The van der Waals surface area contributed by atoms with E-state index in [9.17, 15) is 4.79 Å². The minimum atomic E-state index is -0.0251. The maximum absolute atomic E-state index is 12.5. The molecule has 4 aromatic rings. The molecule has 1 saturated carbocycles. The summed E-state index contributed by atoms with van der Waals surface area (Å²) in [5, 5.41) is 6.56. The molecule has 2 heterocycles. The van der Waals surface area contributed by atoms with E-state index < -0.39 is 0 Å². The molecule has 6 heteroatoms. The predicted molar refractivity (Wildman–Crippen MR) is 124 cm³/mol. The molecule has 1 fully saturated rings. The third-order valence-corrected chi connectivity index (χ3v) is 5.86. The average Bonchev–Trinajstić information content (AvgIpc) is 3.32. The molecular formula is C25H27N5O. The second-order valence-corrected chi connectivity index (χ2v) is 9.12. The van der Waals surface area contributed by atoms with Crippen molar-refractivity contribution in [1.82, 2.24) is 19.7 Å². The number of fused-ring (bicyclic) bond motifs is 3. The van der Waals surface area contributed by atoms with Crippen LogP contribution in [0.2, 0.25) is 0 Å². The Morgan fingerprint density at radius 2 is 1.87 bits per heavy atom. The molecule has 6 nitrogen and oxygen atoms in total. The number of nitrogens with zero attached hydrogens (tertiary/aromatic N) is 3. The Labute approximate surface area is 181 Å². The zero-order chi connectivity index (χ0) is 21.6. The van der Waals surface area contributed by atoms with E-state index in [2.05, 4.69) is 41.9 Å². The minimum Gasteiger partial charge on any atom is -0.367 e. The first-order valence-electron chi connectivity index (χ1n) is 10.9.